The molecule has 1 amide bonds. The monoisotopic (exact) mass is 266 g/mol. The van der Waals surface area contributed by atoms with Gasteiger partial charge >= 0.3 is 0 Å². The second-order valence-corrected chi connectivity index (χ2v) is 4.33. The number of carbonyl (C=O) groups is 1. The number of rotatable bonds is 5. The molecular weight excluding hydrogens is 248 g/mol. The number of oxime groups is 1. The van der Waals surface area contributed by atoms with Crippen molar-refractivity contribution in [2.24, 2.45) is 22.7 Å². The molecule has 0 aliphatic carbocycles. The topological polar surface area (TPSA) is 110 Å². The molecule has 19 heavy (non-hydrogen) atoms. The van der Waals surface area contributed by atoms with E-state index < -0.39 is 5.92 Å². The molecule has 0 radical (unpaired) electrons. The van der Waals surface area contributed by atoms with Gasteiger partial charge in [0.2, 0.25) is 11.8 Å². The Hall–Kier alpha value is -2.31. The quantitative estimate of drug-likeness (QED) is 0.319. The van der Waals surface area contributed by atoms with Crippen molar-refractivity contribution in [2.75, 3.05) is 12.4 Å². The Morgan fingerprint density at radius 2 is 2.21 bits per heavy atom. The first-order valence-electron chi connectivity index (χ1n) is 5.78. The van der Waals surface area contributed by atoms with Crippen LogP contribution in [0.2, 0.25) is 0 Å². The molecule has 104 valence electrons. The lowest BCUT2D eigenvalue weighted by molar-refractivity contribution is -0.119. The van der Waals surface area contributed by atoms with Crippen molar-refractivity contribution >= 4 is 17.4 Å². The van der Waals surface area contributed by atoms with Crippen molar-refractivity contribution in [1.82, 2.24) is 4.98 Å². The highest BCUT2D eigenvalue weighted by atomic mass is 16.5. The minimum Gasteiger partial charge on any atom is -0.481 e. The van der Waals surface area contributed by atoms with Gasteiger partial charge in [0, 0.05) is 6.07 Å². The molecule has 0 aromatic carbocycles. The Balaban J connectivity index is 2.81. The van der Waals surface area contributed by atoms with Gasteiger partial charge in [-0.3, -0.25) is 4.79 Å². The second-order valence-electron chi connectivity index (χ2n) is 4.33. The number of amidine groups is 1. The molecule has 7 nitrogen and oxygen atoms in total. The van der Waals surface area contributed by atoms with Gasteiger partial charge in [0.1, 0.15) is 5.92 Å². The molecule has 1 heterocycles. The third-order valence-corrected chi connectivity index (χ3v) is 2.60. The van der Waals surface area contributed by atoms with Gasteiger partial charge in [-0.25, -0.2) is 4.98 Å². The van der Waals surface area contributed by atoms with Crippen molar-refractivity contribution in [1.29, 1.82) is 0 Å². The van der Waals surface area contributed by atoms with E-state index in [0.717, 1.165) is 0 Å². The van der Waals surface area contributed by atoms with Crippen LogP contribution in [0.3, 0.4) is 0 Å². The summed E-state index contributed by atoms with van der Waals surface area (Å²) in [5.74, 6) is -0.810. The van der Waals surface area contributed by atoms with Gasteiger partial charge in [-0.15, -0.1) is 0 Å². The first-order chi connectivity index (χ1) is 8.99. The number of hydrogen-bond acceptors (Lipinski definition) is 5. The number of amides is 1. The molecule has 0 saturated carbocycles. The number of anilines is 1. The minimum absolute atomic E-state index is 0.0953. The number of nitrogens with zero attached hydrogens (tertiary/aromatic N) is 2. The zero-order valence-corrected chi connectivity index (χ0v) is 11.1. The Bertz CT molecular complexity index is 457. The Morgan fingerprint density at radius 3 is 2.63 bits per heavy atom. The molecule has 1 rings (SSSR count). The molecule has 0 spiro atoms. The average Bonchev–Trinajstić information content (AvgIpc) is 2.39. The maximum atomic E-state index is 12.1. The summed E-state index contributed by atoms with van der Waals surface area (Å²) in [6.07, 6.45) is 1.47. The molecule has 7 heteroatoms. The van der Waals surface area contributed by atoms with Crippen LogP contribution in [0.15, 0.2) is 23.5 Å². The fourth-order valence-corrected chi connectivity index (χ4v) is 1.64. The van der Waals surface area contributed by atoms with Crippen LogP contribution in [0.5, 0.6) is 5.88 Å². The fourth-order valence-electron chi connectivity index (χ4n) is 1.64. The van der Waals surface area contributed by atoms with Crippen molar-refractivity contribution in [2.45, 2.75) is 13.8 Å². The largest absolute Gasteiger partial charge is 0.481 e. The summed E-state index contributed by atoms with van der Waals surface area (Å²) in [5.41, 5.74) is 6.04. The van der Waals surface area contributed by atoms with Crippen molar-refractivity contribution in [3.05, 3.63) is 18.3 Å². The number of methoxy groups -OCH3 is 1. The summed E-state index contributed by atoms with van der Waals surface area (Å²) in [6.45, 7) is 3.63. The van der Waals surface area contributed by atoms with Gasteiger partial charge in [0.05, 0.1) is 19.0 Å². The Labute approximate surface area is 111 Å². The van der Waals surface area contributed by atoms with E-state index in [2.05, 4.69) is 15.5 Å². The lowest BCUT2D eigenvalue weighted by Crippen LogP contribution is -2.38. The van der Waals surface area contributed by atoms with Gasteiger partial charge in [-0.1, -0.05) is 19.0 Å². The van der Waals surface area contributed by atoms with E-state index in [-0.39, 0.29) is 17.7 Å². The van der Waals surface area contributed by atoms with Gasteiger partial charge < -0.3 is 21.0 Å². The number of pyridine rings is 1. The number of nitrogens with two attached hydrogens (primary N) is 1. The lowest BCUT2D eigenvalue weighted by Gasteiger charge is -2.18. The van der Waals surface area contributed by atoms with E-state index >= 15 is 0 Å². The van der Waals surface area contributed by atoms with Gasteiger partial charge in [-0.2, -0.15) is 0 Å². The second kappa shape index (κ2) is 6.58. The fraction of sp³-hybridized carbons (Fsp3) is 0.417. The number of nitrogens with one attached hydrogen (secondary N) is 1. The first-order valence-corrected chi connectivity index (χ1v) is 5.78. The summed E-state index contributed by atoms with van der Waals surface area (Å²) >= 11 is 0. The molecule has 1 aromatic heterocycles. The van der Waals surface area contributed by atoms with Crippen LogP contribution in [-0.4, -0.2) is 29.0 Å². The predicted molar refractivity (Wildman–Crippen MR) is 71.2 cm³/mol. The summed E-state index contributed by atoms with van der Waals surface area (Å²) in [7, 11) is 1.51. The summed E-state index contributed by atoms with van der Waals surface area (Å²) in [6, 6.07) is 3.29. The molecule has 0 aliphatic rings. The normalized spacial score (nSPS) is 13.2. The maximum Gasteiger partial charge on any atom is 0.235 e. The SMILES string of the molecule is COc1ccc(NC(=O)C(C(N)=NO)C(C)C)cn1. The van der Waals surface area contributed by atoms with Crippen LogP contribution in [0, 0.1) is 11.8 Å². The molecule has 1 unspecified atom stereocenters. The zero-order valence-electron chi connectivity index (χ0n) is 11.1. The van der Waals surface area contributed by atoms with E-state index in [4.69, 9.17) is 15.7 Å². The highest BCUT2D eigenvalue weighted by molar-refractivity contribution is 6.07. The lowest BCUT2D eigenvalue weighted by atomic mass is 9.94. The molecule has 4 N–H and O–H groups in total. The van der Waals surface area contributed by atoms with Gasteiger partial charge in [-0.05, 0) is 12.0 Å². The molecule has 0 saturated heterocycles. The highest BCUT2D eigenvalue weighted by Gasteiger charge is 2.26. The zero-order chi connectivity index (χ0) is 14.4. The molecule has 0 bridgehead atoms. The summed E-state index contributed by atoms with van der Waals surface area (Å²) in [5, 5.41) is 14.3. The van der Waals surface area contributed by atoms with Gasteiger partial charge in [0.25, 0.3) is 0 Å². The van der Waals surface area contributed by atoms with E-state index in [9.17, 15) is 4.79 Å². The maximum absolute atomic E-state index is 12.1. The minimum atomic E-state index is -0.702. The number of carbonyl (C=O) groups excluding carboxylic acids is 1. The average molecular weight is 266 g/mol. The summed E-state index contributed by atoms with van der Waals surface area (Å²) < 4.78 is 4.92. The molecule has 1 atom stereocenters. The Morgan fingerprint density at radius 1 is 1.53 bits per heavy atom. The van der Waals surface area contributed by atoms with Crippen molar-refractivity contribution in [3.63, 3.8) is 0 Å². The molecule has 0 aliphatic heterocycles. The summed E-state index contributed by atoms with van der Waals surface area (Å²) in [4.78, 5) is 16.0. The first kappa shape index (κ1) is 14.7. The predicted octanol–water partition coefficient (Wildman–Crippen LogP) is 1.05. The van der Waals surface area contributed by atoms with Crippen LogP contribution < -0.4 is 15.8 Å². The molecular formula is C12H18N4O3. The van der Waals surface area contributed by atoms with Crippen molar-refractivity contribution in [3.8, 4) is 5.88 Å². The Kier molecular flexibility index (Phi) is 5.11. The number of ether oxygens (including phenoxy) is 1. The van der Waals surface area contributed by atoms with E-state index in [0.29, 0.717) is 11.6 Å². The molecule has 0 fully saturated rings. The van der Waals surface area contributed by atoms with E-state index in [1.165, 1.54) is 13.3 Å². The van der Waals surface area contributed by atoms with Crippen LogP contribution >= 0.6 is 0 Å². The standard InChI is InChI=1S/C12H18N4O3/c1-7(2)10(11(13)16-18)12(17)15-8-4-5-9(19-3)14-6-8/h4-7,10,18H,1-3H3,(H2,13,16)(H,15,17). The van der Waals surface area contributed by atoms with Crippen LogP contribution in [0.4, 0.5) is 5.69 Å². The highest BCUT2D eigenvalue weighted by Crippen LogP contribution is 2.16. The van der Waals surface area contributed by atoms with E-state index in [1.807, 2.05) is 13.8 Å². The number of aromatic nitrogens is 1. The third-order valence-electron chi connectivity index (χ3n) is 2.60. The van der Waals surface area contributed by atoms with Crippen LogP contribution in [0.1, 0.15) is 13.8 Å². The number of hydrogen-bond donors (Lipinski definition) is 3. The molecule has 1 aromatic rings. The van der Waals surface area contributed by atoms with Crippen LogP contribution in [0.25, 0.3) is 0 Å². The smallest absolute Gasteiger partial charge is 0.235 e. The van der Waals surface area contributed by atoms with E-state index in [1.54, 1.807) is 12.1 Å². The van der Waals surface area contributed by atoms with Crippen LogP contribution in [-0.2, 0) is 4.79 Å². The van der Waals surface area contributed by atoms with Gasteiger partial charge in [0.15, 0.2) is 5.84 Å². The third kappa shape index (κ3) is 3.84. The van der Waals surface area contributed by atoms with Crippen molar-refractivity contribution < 1.29 is 14.7 Å².